The summed E-state index contributed by atoms with van der Waals surface area (Å²) < 4.78 is 15.5. The Balaban J connectivity index is 1.70. The summed E-state index contributed by atoms with van der Waals surface area (Å²) >= 11 is 0. The summed E-state index contributed by atoms with van der Waals surface area (Å²) in [5.74, 6) is -0.140. The predicted molar refractivity (Wildman–Crippen MR) is 96.6 cm³/mol. The van der Waals surface area contributed by atoms with Crippen molar-refractivity contribution in [2.75, 3.05) is 13.7 Å². The van der Waals surface area contributed by atoms with E-state index >= 15 is 0 Å². The van der Waals surface area contributed by atoms with Gasteiger partial charge in [0, 0.05) is 29.8 Å². The number of aromatic nitrogens is 1. The van der Waals surface area contributed by atoms with Crippen molar-refractivity contribution in [1.82, 2.24) is 4.98 Å². The molecule has 2 aromatic heterocycles. The van der Waals surface area contributed by atoms with Gasteiger partial charge in [-0.05, 0) is 36.2 Å². The van der Waals surface area contributed by atoms with Crippen molar-refractivity contribution in [3.8, 4) is 5.75 Å². The Bertz CT molecular complexity index is 976. The van der Waals surface area contributed by atoms with E-state index < -0.39 is 11.6 Å². The molecule has 0 saturated heterocycles. The lowest BCUT2D eigenvalue weighted by atomic mass is 10.2. The van der Waals surface area contributed by atoms with Gasteiger partial charge in [-0.15, -0.1) is 0 Å². The lowest BCUT2D eigenvalue weighted by Gasteiger charge is -2.07. The van der Waals surface area contributed by atoms with Gasteiger partial charge < -0.3 is 13.9 Å². The third-order valence-corrected chi connectivity index (χ3v) is 4.03. The molecule has 0 bridgehead atoms. The summed E-state index contributed by atoms with van der Waals surface area (Å²) in [6.07, 6.45) is 3.51. The number of fused-ring (bicyclic) bond motifs is 1. The van der Waals surface area contributed by atoms with Crippen LogP contribution in [0.3, 0.4) is 0 Å². The van der Waals surface area contributed by atoms with Gasteiger partial charge in [0.25, 0.3) is 0 Å². The molecule has 0 fully saturated rings. The second-order valence-corrected chi connectivity index (χ2v) is 5.75. The van der Waals surface area contributed by atoms with Gasteiger partial charge in [0.05, 0.1) is 13.7 Å². The average molecular weight is 353 g/mol. The summed E-state index contributed by atoms with van der Waals surface area (Å²) in [5.41, 5.74) is 1.64. The molecular weight excluding hydrogens is 334 g/mol. The number of hydrogen-bond acceptors (Lipinski definition) is 6. The molecule has 0 radical (unpaired) electrons. The van der Waals surface area contributed by atoms with Crippen LogP contribution in [0, 0.1) is 0 Å². The molecule has 0 atom stereocenters. The number of hydrogen-bond donors (Lipinski definition) is 0. The lowest BCUT2D eigenvalue weighted by molar-refractivity contribution is 0.0596. The zero-order valence-electron chi connectivity index (χ0n) is 14.7. The van der Waals surface area contributed by atoms with E-state index in [-0.39, 0.29) is 5.56 Å². The summed E-state index contributed by atoms with van der Waals surface area (Å²) in [6, 6.07) is 10.6. The van der Waals surface area contributed by atoms with Crippen molar-refractivity contribution < 1.29 is 18.7 Å². The Morgan fingerprint density at radius 3 is 2.73 bits per heavy atom. The summed E-state index contributed by atoms with van der Waals surface area (Å²) in [7, 11) is 1.22. The highest BCUT2D eigenvalue weighted by Crippen LogP contribution is 2.21. The Morgan fingerprint density at radius 1 is 1.19 bits per heavy atom. The Kier molecular flexibility index (Phi) is 5.31. The highest BCUT2D eigenvalue weighted by atomic mass is 16.5. The predicted octanol–water partition coefficient (Wildman–Crippen LogP) is 3.16. The maximum atomic E-state index is 11.9. The zero-order chi connectivity index (χ0) is 18.5. The summed E-state index contributed by atoms with van der Waals surface area (Å²) in [5, 5.41) is 0.620. The maximum Gasteiger partial charge on any atom is 0.351 e. The quantitative estimate of drug-likeness (QED) is 0.500. The summed E-state index contributed by atoms with van der Waals surface area (Å²) in [4.78, 5) is 27.8. The normalized spacial score (nSPS) is 10.7. The van der Waals surface area contributed by atoms with Crippen LogP contribution in [0.15, 0.2) is 51.8 Å². The van der Waals surface area contributed by atoms with Gasteiger partial charge >= 0.3 is 11.6 Å². The number of esters is 1. The fraction of sp³-hybridized carbons (Fsp3) is 0.250. The molecule has 134 valence electrons. The molecule has 2 heterocycles. The number of carbonyl (C=O) groups excluding carboxylic acids is 1. The first kappa shape index (κ1) is 17.7. The first-order valence-electron chi connectivity index (χ1n) is 8.33. The molecule has 1 aromatic carbocycles. The van der Waals surface area contributed by atoms with E-state index in [2.05, 4.69) is 22.7 Å². The van der Waals surface area contributed by atoms with Gasteiger partial charge in [-0.1, -0.05) is 13.0 Å². The Labute approximate surface area is 150 Å². The molecule has 0 amide bonds. The minimum Gasteiger partial charge on any atom is -0.493 e. The van der Waals surface area contributed by atoms with Crippen molar-refractivity contribution in [3.05, 3.63) is 69.8 Å². The standard InChI is InChI=1S/C20H19NO5/c1-3-13-4-6-15(21-12-13)8-9-25-16-7-5-14-10-17(19(22)24-2)20(23)26-18(14)11-16/h4-7,10-12H,3,8-9H2,1-2H3. The Morgan fingerprint density at radius 2 is 2.04 bits per heavy atom. The van der Waals surface area contributed by atoms with E-state index in [1.54, 1.807) is 18.2 Å². The van der Waals surface area contributed by atoms with Crippen LogP contribution in [0.2, 0.25) is 0 Å². The molecule has 0 aliphatic carbocycles. The number of ether oxygens (including phenoxy) is 2. The van der Waals surface area contributed by atoms with Gasteiger partial charge in [-0.2, -0.15) is 0 Å². The molecule has 0 spiro atoms. The SMILES string of the molecule is CCc1ccc(CCOc2ccc3cc(C(=O)OC)c(=O)oc3c2)nc1. The molecule has 0 aliphatic rings. The number of carbonyl (C=O) groups is 1. The van der Waals surface area contributed by atoms with Gasteiger partial charge in [0.2, 0.25) is 0 Å². The van der Waals surface area contributed by atoms with E-state index in [0.29, 0.717) is 29.7 Å². The first-order chi connectivity index (χ1) is 12.6. The number of pyridine rings is 1. The number of rotatable bonds is 6. The minimum absolute atomic E-state index is 0.129. The largest absolute Gasteiger partial charge is 0.493 e. The molecular formula is C20H19NO5. The molecule has 0 N–H and O–H groups in total. The highest BCUT2D eigenvalue weighted by molar-refractivity contribution is 5.92. The van der Waals surface area contributed by atoms with Crippen LogP contribution in [0.5, 0.6) is 5.75 Å². The first-order valence-corrected chi connectivity index (χ1v) is 8.33. The van der Waals surface area contributed by atoms with Crippen molar-refractivity contribution in [1.29, 1.82) is 0 Å². The molecule has 26 heavy (non-hydrogen) atoms. The smallest absolute Gasteiger partial charge is 0.351 e. The molecule has 0 saturated carbocycles. The zero-order valence-corrected chi connectivity index (χ0v) is 14.7. The van der Waals surface area contributed by atoms with Gasteiger partial charge in [0.1, 0.15) is 16.9 Å². The topological polar surface area (TPSA) is 78.6 Å². The van der Waals surface area contributed by atoms with Crippen LogP contribution >= 0.6 is 0 Å². The number of nitrogens with zero attached hydrogens (tertiary/aromatic N) is 1. The maximum absolute atomic E-state index is 11.9. The van der Waals surface area contributed by atoms with E-state index in [9.17, 15) is 9.59 Å². The second kappa shape index (κ2) is 7.82. The molecule has 6 nitrogen and oxygen atoms in total. The van der Waals surface area contributed by atoms with Gasteiger partial charge in [-0.3, -0.25) is 4.98 Å². The van der Waals surface area contributed by atoms with Crippen molar-refractivity contribution in [2.24, 2.45) is 0 Å². The van der Waals surface area contributed by atoms with Crippen LogP contribution in [0.4, 0.5) is 0 Å². The number of aryl methyl sites for hydroxylation is 1. The second-order valence-electron chi connectivity index (χ2n) is 5.75. The minimum atomic E-state index is -0.735. The molecule has 0 aliphatic heterocycles. The van der Waals surface area contributed by atoms with Crippen molar-refractivity contribution in [3.63, 3.8) is 0 Å². The van der Waals surface area contributed by atoms with Crippen LogP contribution in [-0.2, 0) is 17.6 Å². The fourth-order valence-electron chi connectivity index (χ4n) is 2.52. The van der Waals surface area contributed by atoms with E-state index in [1.807, 2.05) is 12.3 Å². The molecule has 6 heteroatoms. The Hall–Kier alpha value is -3.15. The van der Waals surface area contributed by atoms with Crippen LogP contribution in [-0.4, -0.2) is 24.7 Å². The van der Waals surface area contributed by atoms with Gasteiger partial charge in [0.15, 0.2) is 0 Å². The van der Waals surface area contributed by atoms with E-state index in [0.717, 1.165) is 12.1 Å². The van der Waals surface area contributed by atoms with E-state index in [4.69, 9.17) is 9.15 Å². The average Bonchev–Trinajstić information content (AvgIpc) is 2.67. The molecule has 3 aromatic rings. The monoisotopic (exact) mass is 353 g/mol. The summed E-state index contributed by atoms with van der Waals surface area (Å²) in [6.45, 7) is 2.54. The van der Waals surface area contributed by atoms with Crippen molar-refractivity contribution >= 4 is 16.9 Å². The van der Waals surface area contributed by atoms with E-state index in [1.165, 1.54) is 18.7 Å². The van der Waals surface area contributed by atoms with Gasteiger partial charge in [-0.25, -0.2) is 9.59 Å². The van der Waals surface area contributed by atoms with Crippen LogP contribution in [0.25, 0.3) is 11.0 Å². The van der Waals surface area contributed by atoms with Crippen LogP contribution in [0.1, 0.15) is 28.5 Å². The third-order valence-electron chi connectivity index (χ3n) is 4.03. The molecule has 3 rings (SSSR count). The lowest BCUT2D eigenvalue weighted by Crippen LogP contribution is -2.14. The van der Waals surface area contributed by atoms with Crippen LogP contribution < -0.4 is 10.4 Å². The fourth-order valence-corrected chi connectivity index (χ4v) is 2.52. The number of benzene rings is 1. The highest BCUT2D eigenvalue weighted by Gasteiger charge is 2.14. The molecule has 0 unspecified atom stereocenters. The van der Waals surface area contributed by atoms with Crippen molar-refractivity contribution in [2.45, 2.75) is 19.8 Å². The third kappa shape index (κ3) is 3.91. The number of methoxy groups -OCH3 is 1.